The third kappa shape index (κ3) is 3.67. The summed E-state index contributed by atoms with van der Waals surface area (Å²) in [6, 6.07) is 5.00. The molecule has 0 fully saturated rings. The molecule has 0 bridgehead atoms. The number of nitrogens with zero attached hydrogens (tertiary/aromatic N) is 2. The van der Waals surface area contributed by atoms with E-state index in [1.807, 2.05) is 6.07 Å². The van der Waals surface area contributed by atoms with Gasteiger partial charge in [-0.05, 0) is 25.0 Å². The van der Waals surface area contributed by atoms with Crippen molar-refractivity contribution in [1.82, 2.24) is 10.3 Å². The molecule has 0 unspecified atom stereocenters. The van der Waals surface area contributed by atoms with Crippen molar-refractivity contribution in [3.8, 4) is 6.07 Å². The van der Waals surface area contributed by atoms with Gasteiger partial charge in [0.2, 0.25) is 0 Å². The first-order valence-electron chi connectivity index (χ1n) is 5.03. The van der Waals surface area contributed by atoms with Crippen LogP contribution in [0.15, 0.2) is 18.3 Å². The molecule has 0 aliphatic heterocycles. The van der Waals surface area contributed by atoms with E-state index in [4.69, 9.17) is 10.4 Å². The summed E-state index contributed by atoms with van der Waals surface area (Å²) < 4.78 is 0. The molecule has 1 aromatic rings. The summed E-state index contributed by atoms with van der Waals surface area (Å²) in [5, 5.41) is 19.8. The highest BCUT2D eigenvalue weighted by atomic mass is 16.2. The summed E-state index contributed by atoms with van der Waals surface area (Å²) in [7, 11) is 0. The lowest BCUT2D eigenvalue weighted by Crippen LogP contribution is -2.25. The Kier molecular flexibility index (Phi) is 4.96. The van der Waals surface area contributed by atoms with Gasteiger partial charge >= 0.3 is 0 Å². The van der Waals surface area contributed by atoms with Crippen molar-refractivity contribution in [2.45, 2.75) is 12.8 Å². The fraction of sp³-hybridized carbons (Fsp3) is 0.364. The van der Waals surface area contributed by atoms with Crippen LogP contribution >= 0.6 is 0 Å². The van der Waals surface area contributed by atoms with Crippen LogP contribution in [-0.4, -0.2) is 29.1 Å². The summed E-state index contributed by atoms with van der Waals surface area (Å²) >= 11 is 0. The average Bonchev–Trinajstić information content (AvgIpc) is 2.34. The topological polar surface area (TPSA) is 86.0 Å². The Morgan fingerprint density at radius 2 is 2.31 bits per heavy atom. The fourth-order valence-corrected chi connectivity index (χ4v) is 1.12. The molecule has 5 nitrogen and oxygen atoms in total. The Hall–Kier alpha value is -1.93. The lowest BCUT2D eigenvalue weighted by molar-refractivity contribution is 0.0947. The second kappa shape index (κ2) is 6.53. The number of carbonyl (C=O) groups excluding carboxylic acids is 1. The number of unbranched alkanes of at least 4 members (excludes halogenated alkanes) is 1. The van der Waals surface area contributed by atoms with Gasteiger partial charge in [0.1, 0.15) is 11.8 Å². The Bertz CT molecular complexity index is 381. The molecule has 2 N–H and O–H groups in total. The van der Waals surface area contributed by atoms with Crippen LogP contribution in [0, 0.1) is 11.3 Å². The zero-order valence-corrected chi connectivity index (χ0v) is 8.81. The van der Waals surface area contributed by atoms with Crippen LogP contribution in [0.2, 0.25) is 0 Å². The molecule has 0 atom stereocenters. The minimum Gasteiger partial charge on any atom is -0.396 e. The van der Waals surface area contributed by atoms with Gasteiger partial charge in [-0.3, -0.25) is 4.79 Å². The number of carbonyl (C=O) groups is 1. The maximum Gasteiger partial charge on any atom is 0.269 e. The number of hydrogen-bond donors (Lipinski definition) is 2. The maximum atomic E-state index is 11.5. The molecule has 0 saturated carbocycles. The van der Waals surface area contributed by atoms with Gasteiger partial charge in [0, 0.05) is 19.3 Å². The first-order valence-corrected chi connectivity index (χ1v) is 5.03. The third-order valence-corrected chi connectivity index (χ3v) is 2.00. The molecule has 1 amide bonds. The summed E-state index contributed by atoms with van der Waals surface area (Å²) in [5.41, 5.74) is 0.722. The minimum absolute atomic E-state index is 0.130. The van der Waals surface area contributed by atoms with Gasteiger partial charge in [-0.25, -0.2) is 4.98 Å². The van der Waals surface area contributed by atoms with Crippen molar-refractivity contribution in [3.63, 3.8) is 0 Å². The van der Waals surface area contributed by atoms with Gasteiger partial charge in [0.15, 0.2) is 0 Å². The number of aliphatic hydroxyl groups is 1. The van der Waals surface area contributed by atoms with Gasteiger partial charge in [0.05, 0.1) is 5.56 Å². The lowest BCUT2D eigenvalue weighted by atomic mass is 10.2. The summed E-state index contributed by atoms with van der Waals surface area (Å²) in [4.78, 5) is 15.4. The van der Waals surface area contributed by atoms with Gasteiger partial charge in [-0.2, -0.15) is 5.26 Å². The Labute approximate surface area is 93.7 Å². The largest absolute Gasteiger partial charge is 0.396 e. The SMILES string of the molecule is N#Cc1ccc(C(=O)NCCCCO)nc1. The minimum atomic E-state index is -0.262. The van der Waals surface area contributed by atoms with E-state index in [0.29, 0.717) is 24.2 Å². The van der Waals surface area contributed by atoms with Crippen molar-refractivity contribution in [2.24, 2.45) is 0 Å². The van der Waals surface area contributed by atoms with Crippen LogP contribution < -0.4 is 5.32 Å². The molecule has 84 valence electrons. The molecule has 16 heavy (non-hydrogen) atoms. The normalized spacial score (nSPS) is 9.50. The quantitative estimate of drug-likeness (QED) is 0.704. The van der Waals surface area contributed by atoms with E-state index < -0.39 is 0 Å². The van der Waals surface area contributed by atoms with E-state index in [1.54, 1.807) is 6.07 Å². The number of rotatable bonds is 5. The first-order chi connectivity index (χ1) is 7.77. The predicted molar refractivity (Wildman–Crippen MR) is 57.6 cm³/mol. The molecule has 0 spiro atoms. The number of aromatic nitrogens is 1. The monoisotopic (exact) mass is 219 g/mol. The Morgan fingerprint density at radius 3 is 2.88 bits per heavy atom. The summed E-state index contributed by atoms with van der Waals surface area (Å²) in [6.45, 7) is 0.645. The van der Waals surface area contributed by atoms with E-state index in [2.05, 4.69) is 10.3 Å². The van der Waals surface area contributed by atoms with Crippen molar-refractivity contribution in [3.05, 3.63) is 29.6 Å². The number of pyridine rings is 1. The van der Waals surface area contributed by atoms with E-state index in [0.717, 1.165) is 6.42 Å². The summed E-state index contributed by atoms with van der Waals surface area (Å²) in [5.74, 6) is -0.262. The fourth-order valence-electron chi connectivity index (χ4n) is 1.12. The number of nitriles is 1. The zero-order chi connectivity index (χ0) is 11.8. The Morgan fingerprint density at radius 1 is 1.50 bits per heavy atom. The molecule has 0 saturated heterocycles. The van der Waals surface area contributed by atoms with Crippen LogP contribution in [0.25, 0.3) is 0 Å². The van der Waals surface area contributed by atoms with Crippen LogP contribution in [0.4, 0.5) is 0 Å². The lowest BCUT2D eigenvalue weighted by Gasteiger charge is -2.03. The smallest absolute Gasteiger partial charge is 0.269 e. The molecule has 1 aromatic heterocycles. The number of amides is 1. The van der Waals surface area contributed by atoms with Gasteiger partial charge in [0.25, 0.3) is 5.91 Å². The van der Waals surface area contributed by atoms with Crippen molar-refractivity contribution in [2.75, 3.05) is 13.2 Å². The van der Waals surface area contributed by atoms with Crippen molar-refractivity contribution in [1.29, 1.82) is 5.26 Å². The highest BCUT2D eigenvalue weighted by Crippen LogP contribution is 1.98. The molecule has 0 aliphatic rings. The second-order valence-electron chi connectivity index (χ2n) is 3.23. The highest BCUT2D eigenvalue weighted by molar-refractivity contribution is 5.92. The van der Waals surface area contributed by atoms with Gasteiger partial charge < -0.3 is 10.4 Å². The number of nitrogens with one attached hydrogen (secondary N) is 1. The second-order valence-corrected chi connectivity index (χ2v) is 3.23. The number of aliphatic hydroxyl groups excluding tert-OH is 1. The van der Waals surface area contributed by atoms with E-state index in [-0.39, 0.29) is 12.5 Å². The standard InChI is InChI=1S/C11H13N3O2/c12-7-9-3-4-10(14-8-9)11(16)13-5-1-2-6-15/h3-4,8,15H,1-2,5-6H2,(H,13,16). The van der Waals surface area contributed by atoms with Crippen LogP contribution in [0.1, 0.15) is 28.9 Å². The highest BCUT2D eigenvalue weighted by Gasteiger charge is 2.05. The molecule has 5 heteroatoms. The summed E-state index contributed by atoms with van der Waals surface area (Å²) in [6.07, 6.45) is 2.77. The maximum absolute atomic E-state index is 11.5. The number of hydrogen-bond acceptors (Lipinski definition) is 4. The van der Waals surface area contributed by atoms with E-state index in [9.17, 15) is 4.79 Å². The molecular weight excluding hydrogens is 206 g/mol. The van der Waals surface area contributed by atoms with Crippen molar-refractivity contribution >= 4 is 5.91 Å². The van der Waals surface area contributed by atoms with Gasteiger partial charge in [-0.15, -0.1) is 0 Å². The van der Waals surface area contributed by atoms with Crippen LogP contribution in [0.5, 0.6) is 0 Å². The van der Waals surface area contributed by atoms with Gasteiger partial charge in [-0.1, -0.05) is 0 Å². The third-order valence-electron chi connectivity index (χ3n) is 2.00. The molecule has 0 aliphatic carbocycles. The predicted octanol–water partition coefficient (Wildman–Crippen LogP) is 0.456. The first kappa shape index (κ1) is 12.1. The van der Waals surface area contributed by atoms with Crippen LogP contribution in [0.3, 0.4) is 0 Å². The molecule has 1 heterocycles. The molecule has 0 aromatic carbocycles. The average molecular weight is 219 g/mol. The van der Waals surface area contributed by atoms with E-state index >= 15 is 0 Å². The Balaban J connectivity index is 2.44. The molecule has 1 rings (SSSR count). The zero-order valence-electron chi connectivity index (χ0n) is 8.81. The molecule has 0 radical (unpaired) electrons. The van der Waals surface area contributed by atoms with Crippen LogP contribution in [-0.2, 0) is 0 Å². The van der Waals surface area contributed by atoms with Crippen molar-refractivity contribution < 1.29 is 9.90 Å². The van der Waals surface area contributed by atoms with E-state index in [1.165, 1.54) is 12.3 Å². The molecular formula is C11H13N3O2.